The molecule has 1 unspecified atom stereocenters. The molecular weight excluding hydrogens is 885 g/mol. The summed E-state index contributed by atoms with van der Waals surface area (Å²) in [7, 11) is 0. The Morgan fingerprint density at radius 2 is 1.72 bits per heavy atom. The summed E-state index contributed by atoms with van der Waals surface area (Å²) < 4.78 is 46.5. The minimum Gasteiger partial charge on any atom is -0.444 e. The van der Waals surface area contributed by atoms with Crippen molar-refractivity contribution in [3.8, 4) is 17.1 Å². The van der Waals surface area contributed by atoms with E-state index in [4.69, 9.17) is 13.9 Å². The normalized spacial score (nSPS) is 17.5. The molecule has 1 saturated carbocycles. The highest BCUT2D eigenvalue weighted by Crippen LogP contribution is 2.35. The number of ether oxygens (including phenoxy) is 2. The van der Waals surface area contributed by atoms with Gasteiger partial charge in [-0.1, -0.05) is 18.2 Å². The van der Waals surface area contributed by atoms with Crippen LogP contribution >= 0.6 is 0 Å². The molecule has 4 N–H and O–H groups in total. The Morgan fingerprint density at radius 3 is 2.49 bits per heavy atom. The number of nitrogens with zero attached hydrogens (tertiary/aromatic N) is 7. The van der Waals surface area contributed by atoms with Crippen LogP contribution in [0.2, 0.25) is 0 Å². The average molecular weight is 936 g/mol. The molecule has 21 heteroatoms. The number of oxazole rings is 1. The number of fused-ring (bicyclic) bond motifs is 1. The van der Waals surface area contributed by atoms with E-state index in [1.54, 1.807) is 42.6 Å². The van der Waals surface area contributed by atoms with Crippen LogP contribution in [0.1, 0.15) is 74.6 Å². The predicted octanol–water partition coefficient (Wildman–Crippen LogP) is 4.28. The van der Waals surface area contributed by atoms with E-state index in [0.29, 0.717) is 86.8 Å². The van der Waals surface area contributed by atoms with Crippen molar-refractivity contribution in [3.05, 3.63) is 101 Å². The largest absolute Gasteiger partial charge is 0.444 e. The number of nitrogens with one attached hydrogen (secondary N) is 4. The maximum atomic E-state index is 14.1. The van der Waals surface area contributed by atoms with Gasteiger partial charge in [-0.3, -0.25) is 39.1 Å². The van der Waals surface area contributed by atoms with Gasteiger partial charge in [-0.2, -0.15) is 5.10 Å². The van der Waals surface area contributed by atoms with Crippen molar-refractivity contribution in [2.45, 2.75) is 44.7 Å². The van der Waals surface area contributed by atoms with Crippen molar-refractivity contribution in [2.24, 2.45) is 5.92 Å². The quantitative estimate of drug-likeness (QED) is 0.0597. The van der Waals surface area contributed by atoms with Crippen LogP contribution in [0.5, 0.6) is 0 Å². The predicted molar refractivity (Wildman–Crippen MR) is 243 cm³/mol. The lowest BCUT2D eigenvalue weighted by Gasteiger charge is -2.36. The van der Waals surface area contributed by atoms with Crippen molar-refractivity contribution in [3.63, 3.8) is 0 Å². The molecule has 6 heterocycles. The number of aromatic nitrogens is 4. The number of alkyl halides is 2. The fourth-order valence-electron chi connectivity index (χ4n) is 8.34. The summed E-state index contributed by atoms with van der Waals surface area (Å²) in [6.45, 7) is 7.35. The summed E-state index contributed by atoms with van der Waals surface area (Å²) in [6, 6.07) is 14.9. The third kappa shape index (κ3) is 10.8. The van der Waals surface area contributed by atoms with Crippen LogP contribution in [-0.2, 0) is 25.6 Å². The molecule has 0 spiro atoms. The molecule has 0 radical (unpaired) electrons. The van der Waals surface area contributed by atoms with Crippen molar-refractivity contribution in [1.82, 2.24) is 40.2 Å². The summed E-state index contributed by atoms with van der Waals surface area (Å²) in [5, 5.41) is 15.4. The molecule has 2 saturated heterocycles. The number of anilines is 3. The first kappa shape index (κ1) is 46.2. The first-order valence-corrected chi connectivity index (χ1v) is 22.7. The van der Waals surface area contributed by atoms with Crippen molar-refractivity contribution >= 4 is 46.7 Å². The van der Waals surface area contributed by atoms with Crippen molar-refractivity contribution in [1.29, 1.82) is 0 Å². The number of hydrogen-bond donors (Lipinski definition) is 4. The van der Waals surface area contributed by atoms with Gasteiger partial charge in [0.2, 0.25) is 17.7 Å². The van der Waals surface area contributed by atoms with E-state index in [2.05, 4.69) is 46.1 Å². The average Bonchev–Trinajstić information content (AvgIpc) is 3.75. The molecule has 19 nitrogen and oxygen atoms in total. The molecule has 1 aliphatic carbocycles. The summed E-state index contributed by atoms with van der Waals surface area (Å²) in [5.41, 5.74) is 2.55. The van der Waals surface area contributed by atoms with Gasteiger partial charge < -0.3 is 34.7 Å². The van der Waals surface area contributed by atoms with Gasteiger partial charge in [-0.25, -0.2) is 23.4 Å². The Kier molecular flexibility index (Phi) is 14.2. The summed E-state index contributed by atoms with van der Waals surface area (Å²) in [5.74, 6) is -1.27. The fraction of sp³-hybridized carbons (Fsp3) is 0.404. The highest BCUT2D eigenvalue weighted by atomic mass is 19.3. The van der Waals surface area contributed by atoms with E-state index < -0.39 is 47.7 Å². The lowest BCUT2D eigenvalue weighted by molar-refractivity contribution is -0.136. The second-order valence-corrected chi connectivity index (χ2v) is 17.0. The SMILES string of the molecule is O=C1CCC(N2C(=O)c3cccc(N4CCN(CCOCCOCCNCc5ccc(-n6cc(NC(=O)c7coc(-c8ccnc(NCC9CC9)c8)n7)c(C(F)F)n6)cc5)CC4)c3C2=O)C(=O)N1. The summed E-state index contributed by atoms with van der Waals surface area (Å²) in [6.07, 6.45) is 3.77. The van der Waals surface area contributed by atoms with Crippen LogP contribution in [0.4, 0.5) is 26.0 Å². The number of benzene rings is 2. The molecule has 0 bridgehead atoms. The number of rotatable bonds is 21. The number of hydrogen-bond acceptors (Lipinski definition) is 15. The molecule has 3 fully saturated rings. The zero-order valence-electron chi connectivity index (χ0n) is 37.1. The summed E-state index contributed by atoms with van der Waals surface area (Å²) >= 11 is 0. The fourth-order valence-corrected chi connectivity index (χ4v) is 8.34. The van der Waals surface area contributed by atoms with Crippen LogP contribution in [0.3, 0.4) is 0 Å². The highest BCUT2D eigenvalue weighted by molar-refractivity contribution is 6.25. The molecule has 68 heavy (non-hydrogen) atoms. The van der Waals surface area contributed by atoms with Gasteiger partial charge in [0.1, 0.15) is 18.1 Å². The van der Waals surface area contributed by atoms with E-state index in [-0.39, 0.29) is 35.7 Å². The van der Waals surface area contributed by atoms with Crippen molar-refractivity contribution in [2.75, 3.05) is 87.8 Å². The molecular formula is C47H51F2N11O8. The number of carbonyl (C=O) groups is 5. The maximum absolute atomic E-state index is 14.1. The van der Waals surface area contributed by atoms with E-state index in [9.17, 15) is 32.8 Å². The summed E-state index contributed by atoms with van der Waals surface area (Å²) in [4.78, 5) is 78.0. The lowest BCUT2D eigenvalue weighted by atomic mass is 10.0. The lowest BCUT2D eigenvalue weighted by Crippen LogP contribution is -2.54. The standard InChI is InChI=1S/C47H51F2N11O8/c48-42(49)41-34(53-43(62)35-28-68-45(54-35)31-12-13-51-38(24-31)52-26-30-4-5-30)27-59(56-41)32-8-6-29(7-9-32)25-50-14-20-66-22-23-67-21-19-57-15-17-58(18-16-57)36-3-1-2-33-40(36)47(65)60(46(33)64)37-10-11-39(61)55-44(37)63/h1-3,6-9,12-13,24,27-28,30,37,42,50H,4-5,10-11,14-23,25-26H2,(H,51,52)(H,53,62)(H,55,61,63). The minimum atomic E-state index is -2.94. The van der Waals surface area contributed by atoms with Crippen LogP contribution in [0.25, 0.3) is 17.1 Å². The van der Waals surface area contributed by atoms with Gasteiger partial charge in [0.15, 0.2) is 11.4 Å². The van der Waals surface area contributed by atoms with E-state index >= 15 is 0 Å². The first-order valence-electron chi connectivity index (χ1n) is 22.7. The molecule has 1 atom stereocenters. The van der Waals surface area contributed by atoms with E-state index in [0.717, 1.165) is 36.6 Å². The second kappa shape index (κ2) is 20.9. The third-order valence-corrected chi connectivity index (χ3v) is 12.2. The molecule has 4 aliphatic rings. The van der Waals surface area contributed by atoms with Gasteiger partial charge in [0.05, 0.1) is 60.8 Å². The Morgan fingerprint density at radius 1 is 0.926 bits per heavy atom. The van der Waals surface area contributed by atoms with Crippen LogP contribution in [0.15, 0.2) is 77.7 Å². The third-order valence-electron chi connectivity index (χ3n) is 12.2. The molecule has 2 aromatic carbocycles. The van der Waals surface area contributed by atoms with Crippen LogP contribution in [-0.4, -0.2) is 137 Å². The molecule has 3 aliphatic heterocycles. The highest BCUT2D eigenvalue weighted by Gasteiger charge is 2.46. The number of piperidine rings is 1. The second-order valence-electron chi connectivity index (χ2n) is 17.0. The Hall–Kier alpha value is -6.94. The van der Waals surface area contributed by atoms with E-state index in [1.165, 1.54) is 30.0 Å². The van der Waals surface area contributed by atoms with E-state index in [1.807, 2.05) is 18.2 Å². The van der Waals surface area contributed by atoms with Gasteiger partial charge in [-0.05, 0) is 67.1 Å². The van der Waals surface area contributed by atoms with Gasteiger partial charge >= 0.3 is 0 Å². The molecule has 5 aromatic rings. The molecule has 356 valence electrons. The number of piperazine rings is 1. The number of pyridine rings is 1. The smallest absolute Gasteiger partial charge is 0.284 e. The number of carbonyl (C=O) groups excluding carboxylic acids is 5. The minimum absolute atomic E-state index is 0.0672. The first-order chi connectivity index (χ1) is 33.1. The van der Waals surface area contributed by atoms with Gasteiger partial charge in [-0.15, -0.1) is 0 Å². The monoisotopic (exact) mass is 935 g/mol. The maximum Gasteiger partial charge on any atom is 0.284 e. The zero-order valence-corrected chi connectivity index (χ0v) is 37.1. The Labute approximate surface area is 389 Å². The molecule has 3 aromatic heterocycles. The molecule has 5 amide bonds. The van der Waals surface area contributed by atoms with Gasteiger partial charge in [0.25, 0.3) is 24.1 Å². The van der Waals surface area contributed by atoms with Gasteiger partial charge in [0, 0.05) is 70.5 Å². The number of halogens is 2. The number of imide groups is 2. The van der Waals surface area contributed by atoms with Crippen LogP contribution < -0.4 is 26.2 Å². The molecule has 9 rings (SSSR count). The topological polar surface area (TPSA) is 218 Å². The Balaban J connectivity index is 0.651. The zero-order chi connectivity index (χ0) is 47.1. The number of amides is 5. The van der Waals surface area contributed by atoms with Crippen LogP contribution in [0, 0.1) is 5.92 Å². The van der Waals surface area contributed by atoms with Crippen molar-refractivity contribution < 1.29 is 46.6 Å². The Bertz CT molecular complexity index is 2650.